The molecule has 7 atom stereocenters. The van der Waals surface area contributed by atoms with Crippen LogP contribution in [-0.4, -0.2) is 132 Å². The van der Waals surface area contributed by atoms with Crippen molar-refractivity contribution in [3.63, 3.8) is 0 Å². The first kappa shape index (κ1) is 46.3. The number of amides is 4. The molecule has 20 heteroatoms. The van der Waals surface area contributed by atoms with Crippen LogP contribution in [0.4, 0.5) is 28.0 Å². The van der Waals surface area contributed by atoms with Gasteiger partial charge in [0.15, 0.2) is 0 Å². The summed E-state index contributed by atoms with van der Waals surface area (Å²) in [6, 6.07) is 3.89. The number of hydrogen-bond donors (Lipinski definition) is 3. The Labute approximate surface area is 363 Å². The van der Waals surface area contributed by atoms with Crippen molar-refractivity contribution in [1.82, 2.24) is 24.8 Å². The van der Waals surface area contributed by atoms with Crippen molar-refractivity contribution in [2.24, 2.45) is 17.8 Å². The summed E-state index contributed by atoms with van der Waals surface area (Å²) in [6.45, 7) is 5.61. The molecule has 0 radical (unpaired) electrons. The molecule has 0 unspecified atom stereocenters. The average molecular weight is 909 g/mol. The van der Waals surface area contributed by atoms with Crippen LogP contribution in [0.5, 0.6) is 5.88 Å². The number of sulfonamides is 1. The van der Waals surface area contributed by atoms with E-state index in [1.54, 1.807) is 37.4 Å². The summed E-state index contributed by atoms with van der Waals surface area (Å²) in [7, 11) is -4.51. The lowest BCUT2D eigenvalue weighted by Crippen LogP contribution is -2.66. The van der Waals surface area contributed by atoms with Gasteiger partial charge in [-0.3, -0.25) is 24.0 Å². The summed E-state index contributed by atoms with van der Waals surface area (Å²) in [5.41, 5.74) is -4.07. The number of morpholine rings is 1. The van der Waals surface area contributed by atoms with Gasteiger partial charge >= 0.3 is 12.3 Å². The largest absolute Gasteiger partial charge is 0.472 e. The van der Waals surface area contributed by atoms with Gasteiger partial charge in [-0.25, -0.2) is 22.6 Å². The van der Waals surface area contributed by atoms with E-state index in [1.807, 2.05) is 23.8 Å². The fourth-order valence-electron chi connectivity index (χ4n) is 9.38. The van der Waals surface area contributed by atoms with Gasteiger partial charge in [-0.1, -0.05) is 50.6 Å². The average Bonchev–Trinajstić information content (AvgIpc) is 4.14. The maximum Gasteiger partial charge on any atom is 0.411 e. The minimum absolute atomic E-state index is 0.00599. The van der Waals surface area contributed by atoms with Crippen LogP contribution in [-0.2, 0) is 29.1 Å². The minimum Gasteiger partial charge on any atom is -0.472 e. The van der Waals surface area contributed by atoms with E-state index >= 15 is 4.79 Å². The first-order valence-corrected chi connectivity index (χ1v) is 23.1. The Kier molecular flexibility index (Phi) is 12.7. The number of anilines is 1. The third-order valence-corrected chi connectivity index (χ3v) is 15.8. The van der Waals surface area contributed by atoms with Crippen LogP contribution in [0.1, 0.15) is 79.1 Å². The van der Waals surface area contributed by atoms with E-state index in [0.717, 1.165) is 16.0 Å². The van der Waals surface area contributed by atoms with Crippen LogP contribution in [0.25, 0.3) is 10.8 Å². The monoisotopic (exact) mass is 908 g/mol. The normalized spacial score (nSPS) is 29.7. The molecular formula is C43H56F4N6O9S. The van der Waals surface area contributed by atoms with Gasteiger partial charge in [0.25, 0.3) is 5.91 Å². The Morgan fingerprint density at radius 3 is 2.41 bits per heavy atom. The molecule has 2 saturated carbocycles. The highest BCUT2D eigenvalue weighted by Gasteiger charge is 2.64. The zero-order chi connectivity index (χ0) is 45.7. The summed E-state index contributed by atoms with van der Waals surface area (Å²) in [4.78, 5) is 65.1. The van der Waals surface area contributed by atoms with Gasteiger partial charge in [-0.2, -0.15) is 13.2 Å². The Hall–Kier alpha value is -4.72. The highest BCUT2D eigenvalue weighted by molar-refractivity contribution is 7.91. The molecular weight excluding hydrogens is 853 g/mol. The molecule has 63 heavy (non-hydrogen) atoms. The standard InChI is InChI=1S/C43H56F4N6O9S/c1-5-27-20-26(2)10-6-7-11-28-22-42(28,38(56)50-63(59,60)41(25-44)14-15-41)49-35(54)32-21-29(24-52(32)37(55)34(27)53(39(57)58)40(3,4)43(45,46)47)62-36-31-13-9-8-12-30(31)33(23-48-36)51-16-18-61-19-17-51/h7-9,11-13,23,26-29,32,34H,5-6,10,14-22,24-25H2,1-4H3,(H,49,54)(H,50,56)(H,57,58)/b11-7-/t26-,27+,28+,29+,32-,34-,42+/m0/s1. The van der Waals surface area contributed by atoms with Gasteiger partial charge < -0.3 is 29.7 Å². The zero-order valence-electron chi connectivity index (χ0n) is 35.8. The highest BCUT2D eigenvalue weighted by Crippen LogP contribution is 2.48. The number of hydrogen-bond acceptors (Lipinski definition) is 10. The number of benzene rings is 1. The Morgan fingerprint density at radius 1 is 1.11 bits per heavy atom. The molecule has 0 bridgehead atoms. The summed E-state index contributed by atoms with van der Waals surface area (Å²) in [5, 5.41) is 14.7. The summed E-state index contributed by atoms with van der Waals surface area (Å²) in [5.74, 6) is -4.76. The van der Waals surface area contributed by atoms with Gasteiger partial charge in [0, 0.05) is 36.2 Å². The number of nitrogens with one attached hydrogen (secondary N) is 2. The Morgan fingerprint density at radius 2 is 1.79 bits per heavy atom. The highest BCUT2D eigenvalue weighted by atomic mass is 32.2. The number of pyridine rings is 1. The van der Waals surface area contributed by atoms with Gasteiger partial charge in [-0.15, -0.1) is 0 Å². The van der Waals surface area contributed by atoms with Gasteiger partial charge in [0.2, 0.25) is 27.7 Å². The number of ether oxygens (including phenoxy) is 2. The van der Waals surface area contributed by atoms with Crippen molar-refractivity contribution in [3.05, 3.63) is 42.6 Å². The molecule has 3 aliphatic heterocycles. The molecule has 0 spiro atoms. The lowest BCUT2D eigenvalue weighted by atomic mass is 9.82. The SMILES string of the molecule is CC[C@@H]1C[C@@H](C)CC/C=C\[C@@H]2C[C@@]2(C(=O)NS(=O)(=O)C2(CF)CC2)NC(=O)[C@@H]2C[C@@H](Oc3ncc(N4CCOCC4)c4ccccc34)CN2C(=O)[C@H]1N(C(=O)O)C(C)(C)C(F)(F)F. The van der Waals surface area contributed by atoms with E-state index in [0.29, 0.717) is 58.4 Å². The lowest BCUT2D eigenvalue weighted by Gasteiger charge is -2.46. The zero-order valence-corrected chi connectivity index (χ0v) is 36.6. The summed E-state index contributed by atoms with van der Waals surface area (Å²) < 4.78 is 97.4. The molecule has 4 amide bonds. The fraction of sp³-hybridized carbons (Fsp3) is 0.651. The third kappa shape index (κ3) is 8.77. The summed E-state index contributed by atoms with van der Waals surface area (Å²) in [6.07, 6.45) is -2.10. The smallest absolute Gasteiger partial charge is 0.411 e. The molecule has 346 valence electrons. The molecule has 2 aromatic rings. The van der Waals surface area contributed by atoms with Crippen molar-refractivity contribution in [1.29, 1.82) is 0 Å². The van der Waals surface area contributed by atoms with Crippen LogP contribution >= 0.6 is 0 Å². The molecule has 7 rings (SSSR count). The Bertz CT molecular complexity index is 2230. The van der Waals surface area contributed by atoms with Gasteiger partial charge in [-0.05, 0) is 70.3 Å². The fourth-order valence-corrected chi connectivity index (χ4v) is 10.8. The lowest BCUT2D eigenvalue weighted by molar-refractivity contribution is -0.222. The number of halogens is 4. The van der Waals surface area contributed by atoms with E-state index in [9.17, 15) is 45.5 Å². The number of rotatable bonds is 10. The van der Waals surface area contributed by atoms with Crippen molar-refractivity contribution in [2.75, 3.05) is 44.4 Å². The van der Waals surface area contributed by atoms with E-state index in [4.69, 9.17) is 9.47 Å². The first-order valence-electron chi connectivity index (χ1n) is 21.6. The molecule has 3 N–H and O–H groups in total. The quantitative estimate of drug-likeness (QED) is 0.207. The predicted molar refractivity (Wildman–Crippen MR) is 223 cm³/mol. The maximum atomic E-state index is 15.3. The maximum absolute atomic E-state index is 15.3. The molecule has 1 aromatic heterocycles. The van der Waals surface area contributed by atoms with Crippen LogP contribution in [0, 0.1) is 17.8 Å². The van der Waals surface area contributed by atoms with Crippen molar-refractivity contribution in [2.45, 2.75) is 119 Å². The number of carboxylic acid groups (broad SMARTS) is 1. The second kappa shape index (κ2) is 17.3. The van der Waals surface area contributed by atoms with Gasteiger partial charge in [0.1, 0.15) is 40.7 Å². The Balaban J connectivity index is 1.29. The van der Waals surface area contributed by atoms with Gasteiger partial charge in [0.05, 0.1) is 31.6 Å². The van der Waals surface area contributed by atoms with Crippen molar-refractivity contribution in [3.8, 4) is 5.88 Å². The minimum atomic E-state index is -5.12. The molecule has 2 saturated heterocycles. The molecule has 4 heterocycles. The van der Waals surface area contributed by atoms with E-state index in [-0.39, 0.29) is 61.8 Å². The second-order valence-electron chi connectivity index (χ2n) is 18.3. The number of nitrogens with zero attached hydrogens (tertiary/aromatic N) is 4. The van der Waals surface area contributed by atoms with E-state index in [2.05, 4.69) is 15.2 Å². The van der Waals surface area contributed by atoms with Crippen LogP contribution in [0.2, 0.25) is 0 Å². The summed E-state index contributed by atoms with van der Waals surface area (Å²) >= 11 is 0. The molecule has 5 aliphatic rings. The number of aromatic nitrogens is 1. The second-order valence-corrected chi connectivity index (χ2v) is 20.3. The van der Waals surface area contributed by atoms with Crippen molar-refractivity contribution < 1.29 is 59.7 Å². The van der Waals surface area contributed by atoms with Crippen LogP contribution < -0.4 is 19.7 Å². The first-order chi connectivity index (χ1) is 29.7. The number of allylic oxidation sites excluding steroid dienone is 1. The van der Waals surface area contributed by atoms with Crippen LogP contribution in [0.3, 0.4) is 0 Å². The van der Waals surface area contributed by atoms with E-state index < -0.39 is 92.5 Å². The number of carbonyl (C=O) groups is 4. The number of alkyl halides is 4. The van der Waals surface area contributed by atoms with E-state index in [1.165, 1.54) is 0 Å². The molecule has 15 nitrogen and oxygen atoms in total. The third-order valence-electron chi connectivity index (χ3n) is 13.7. The predicted octanol–water partition coefficient (Wildman–Crippen LogP) is 5.33. The molecule has 1 aromatic carbocycles. The number of fused-ring (bicyclic) bond motifs is 3. The molecule has 2 aliphatic carbocycles. The van der Waals surface area contributed by atoms with Crippen LogP contribution in [0.15, 0.2) is 42.6 Å². The topological polar surface area (TPSA) is 188 Å². The van der Waals surface area contributed by atoms with Crippen molar-refractivity contribution >= 4 is 50.3 Å². The molecule has 4 fully saturated rings. The number of carbonyl (C=O) groups excluding carboxylic acids is 3.